The van der Waals surface area contributed by atoms with Gasteiger partial charge in [-0.3, -0.25) is 0 Å². The van der Waals surface area contributed by atoms with Crippen molar-refractivity contribution in [3.05, 3.63) is 47.3 Å². The molecule has 2 aliphatic rings. The van der Waals surface area contributed by atoms with Gasteiger partial charge in [0, 0.05) is 30.7 Å². The predicted octanol–water partition coefficient (Wildman–Crippen LogP) is 3.45. The second kappa shape index (κ2) is 9.64. The van der Waals surface area contributed by atoms with E-state index in [0.717, 1.165) is 18.3 Å². The average molecular weight is 535 g/mol. The van der Waals surface area contributed by atoms with Gasteiger partial charge in [0.05, 0.1) is 32.5 Å². The molecule has 2 unspecified atom stereocenters. The second-order valence-electron chi connectivity index (χ2n) is 9.58. The number of thiophene rings is 1. The van der Waals surface area contributed by atoms with E-state index >= 15 is 0 Å². The lowest BCUT2D eigenvalue weighted by molar-refractivity contribution is -0.258. The zero-order valence-electron chi connectivity index (χ0n) is 19.5. The van der Waals surface area contributed by atoms with Gasteiger partial charge in [-0.15, -0.1) is 11.3 Å². The standard InChI is InChI=1S/C23H29F3N2O5S2/c1-21(15-33-16-21)14-32-13-19-12-27(35(30,31)20-4-3-11-34-20)9-10-28(19)18-7-5-17(6-8-18)22(2,29)23(24,25)26/h3-8,11,19,29H,9-10,12-16H2,1-2H3. The number of halogens is 3. The Kier molecular flexibility index (Phi) is 7.26. The number of sulfonamides is 1. The molecule has 7 nitrogen and oxygen atoms in total. The maximum Gasteiger partial charge on any atom is 0.421 e. The molecule has 4 rings (SSSR count). The van der Waals surface area contributed by atoms with Crippen molar-refractivity contribution in [1.82, 2.24) is 4.31 Å². The Labute approximate surface area is 207 Å². The Morgan fingerprint density at radius 1 is 1.20 bits per heavy atom. The highest BCUT2D eigenvalue weighted by Gasteiger charge is 2.51. The lowest BCUT2D eigenvalue weighted by Crippen LogP contribution is -2.57. The minimum absolute atomic E-state index is 0.0763. The van der Waals surface area contributed by atoms with Gasteiger partial charge in [-0.2, -0.15) is 17.5 Å². The van der Waals surface area contributed by atoms with Crippen LogP contribution < -0.4 is 4.90 Å². The Morgan fingerprint density at radius 2 is 1.89 bits per heavy atom. The highest BCUT2D eigenvalue weighted by molar-refractivity contribution is 7.91. The third-order valence-electron chi connectivity index (χ3n) is 6.51. The summed E-state index contributed by atoms with van der Waals surface area (Å²) in [5, 5.41) is 11.7. The van der Waals surface area contributed by atoms with E-state index in [2.05, 4.69) is 0 Å². The zero-order valence-corrected chi connectivity index (χ0v) is 21.1. The summed E-state index contributed by atoms with van der Waals surface area (Å²) in [7, 11) is -3.66. The van der Waals surface area contributed by atoms with Crippen molar-refractivity contribution in [3.8, 4) is 0 Å². The van der Waals surface area contributed by atoms with E-state index in [1.54, 1.807) is 17.5 Å². The maximum atomic E-state index is 13.2. The van der Waals surface area contributed by atoms with E-state index in [0.29, 0.717) is 32.1 Å². The van der Waals surface area contributed by atoms with Crippen LogP contribution in [-0.4, -0.2) is 76.1 Å². The number of ether oxygens (including phenoxy) is 2. The molecule has 0 aliphatic carbocycles. The molecule has 2 saturated heterocycles. The molecular weight excluding hydrogens is 505 g/mol. The molecule has 1 aromatic carbocycles. The Balaban J connectivity index is 1.54. The van der Waals surface area contributed by atoms with Gasteiger partial charge in [-0.05, 0) is 36.1 Å². The number of aliphatic hydroxyl groups is 1. The summed E-state index contributed by atoms with van der Waals surface area (Å²) in [5.41, 5.74) is -2.68. The molecular formula is C23H29F3N2O5S2. The minimum Gasteiger partial charge on any atom is -0.380 e. The molecule has 0 radical (unpaired) electrons. The molecule has 35 heavy (non-hydrogen) atoms. The first-order valence-corrected chi connectivity index (χ1v) is 13.5. The molecule has 2 aromatic rings. The SMILES string of the molecule is CC1(COCC2CN(S(=O)(=O)c3cccs3)CCN2c2ccc(C(C)(O)C(F)(F)F)cc2)COC1. The van der Waals surface area contributed by atoms with E-state index in [1.807, 2.05) is 11.8 Å². The van der Waals surface area contributed by atoms with Crippen molar-refractivity contribution in [2.24, 2.45) is 5.41 Å². The topological polar surface area (TPSA) is 79.3 Å². The van der Waals surface area contributed by atoms with Crippen LogP contribution in [0.25, 0.3) is 0 Å². The highest BCUT2D eigenvalue weighted by atomic mass is 32.2. The normalized spacial score (nSPS) is 23.0. The van der Waals surface area contributed by atoms with Gasteiger partial charge >= 0.3 is 6.18 Å². The van der Waals surface area contributed by atoms with Crippen LogP contribution >= 0.6 is 11.3 Å². The molecule has 0 bridgehead atoms. The summed E-state index contributed by atoms with van der Waals surface area (Å²) in [6, 6.07) is 8.45. The summed E-state index contributed by atoms with van der Waals surface area (Å²) < 4.78 is 78.8. The van der Waals surface area contributed by atoms with Crippen molar-refractivity contribution >= 4 is 27.0 Å². The summed E-state index contributed by atoms with van der Waals surface area (Å²) in [5.74, 6) is 0. The van der Waals surface area contributed by atoms with Crippen LogP contribution in [0.4, 0.5) is 18.9 Å². The van der Waals surface area contributed by atoms with Crippen LogP contribution in [0.1, 0.15) is 19.4 Å². The van der Waals surface area contributed by atoms with Gasteiger partial charge in [0.25, 0.3) is 10.0 Å². The summed E-state index contributed by atoms with van der Waals surface area (Å²) in [6.07, 6.45) is -4.81. The number of rotatable bonds is 8. The third-order valence-corrected chi connectivity index (χ3v) is 9.75. The van der Waals surface area contributed by atoms with Crippen LogP contribution in [0.15, 0.2) is 46.0 Å². The van der Waals surface area contributed by atoms with Crippen LogP contribution in [0.5, 0.6) is 0 Å². The van der Waals surface area contributed by atoms with Crippen LogP contribution in [-0.2, 0) is 25.1 Å². The van der Waals surface area contributed by atoms with E-state index in [4.69, 9.17) is 9.47 Å². The predicted molar refractivity (Wildman–Crippen MR) is 126 cm³/mol. The largest absolute Gasteiger partial charge is 0.421 e. The number of alkyl halides is 3. The fourth-order valence-corrected chi connectivity index (χ4v) is 6.79. The van der Waals surface area contributed by atoms with Crippen LogP contribution in [0, 0.1) is 5.41 Å². The van der Waals surface area contributed by atoms with Gasteiger partial charge in [-0.25, -0.2) is 8.42 Å². The smallest absolute Gasteiger partial charge is 0.380 e. The molecule has 194 valence electrons. The first-order valence-electron chi connectivity index (χ1n) is 11.2. The summed E-state index contributed by atoms with van der Waals surface area (Å²) >= 11 is 1.16. The van der Waals surface area contributed by atoms with E-state index < -0.39 is 21.8 Å². The van der Waals surface area contributed by atoms with E-state index in [1.165, 1.54) is 28.6 Å². The van der Waals surface area contributed by atoms with Gasteiger partial charge in [-0.1, -0.05) is 25.1 Å². The Bertz CT molecular complexity index is 1100. The number of hydrogen-bond donors (Lipinski definition) is 1. The molecule has 0 amide bonds. The Morgan fingerprint density at radius 3 is 2.43 bits per heavy atom. The first-order chi connectivity index (χ1) is 16.3. The number of piperazine rings is 1. The summed E-state index contributed by atoms with van der Waals surface area (Å²) in [6.45, 7) is 5.41. The molecule has 12 heteroatoms. The van der Waals surface area contributed by atoms with Gasteiger partial charge in [0.1, 0.15) is 4.21 Å². The number of hydrogen-bond acceptors (Lipinski definition) is 7. The molecule has 1 aromatic heterocycles. The van der Waals surface area contributed by atoms with Crippen LogP contribution in [0.2, 0.25) is 0 Å². The molecule has 0 saturated carbocycles. The molecule has 0 spiro atoms. The summed E-state index contributed by atoms with van der Waals surface area (Å²) in [4.78, 5) is 1.95. The molecule has 2 atom stereocenters. The second-order valence-corrected chi connectivity index (χ2v) is 12.7. The third kappa shape index (κ3) is 5.37. The molecule has 1 N–H and O–H groups in total. The van der Waals surface area contributed by atoms with E-state index in [9.17, 15) is 26.7 Å². The fraction of sp³-hybridized carbons (Fsp3) is 0.565. The lowest BCUT2D eigenvalue weighted by atomic mass is 9.90. The zero-order chi connectivity index (χ0) is 25.5. The highest BCUT2D eigenvalue weighted by Crippen LogP contribution is 2.39. The quantitative estimate of drug-likeness (QED) is 0.559. The van der Waals surface area contributed by atoms with Crippen molar-refractivity contribution < 1.29 is 36.2 Å². The molecule has 2 fully saturated rings. The average Bonchev–Trinajstić information content (AvgIpc) is 3.33. The van der Waals surface area contributed by atoms with Crippen molar-refractivity contribution in [3.63, 3.8) is 0 Å². The monoisotopic (exact) mass is 534 g/mol. The van der Waals surface area contributed by atoms with Crippen molar-refractivity contribution in [2.45, 2.75) is 35.9 Å². The minimum atomic E-state index is -4.81. The number of benzene rings is 1. The van der Waals surface area contributed by atoms with Gasteiger partial charge in [0.15, 0.2) is 5.60 Å². The number of anilines is 1. The number of nitrogens with zero attached hydrogens (tertiary/aromatic N) is 2. The Hall–Kier alpha value is -1.70. The molecule has 2 aliphatic heterocycles. The molecule has 3 heterocycles. The van der Waals surface area contributed by atoms with Crippen molar-refractivity contribution in [1.29, 1.82) is 0 Å². The van der Waals surface area contributed by atoms with Gasteiger partial charge < -0.3 is 19.5 Å². The van der Waals surface area contributed by atoms with Crippen molar-refractivity contribution in [2.75, 3.05) is 51.0 Å². The van der Waals surface area contributed by atoms with Crippen LogP contribution in [0.3, 0.4) is 0 Å². The maximum absolute atomic E-state index is 13.2. The van der Waals surface area contributed by atoms with Gasteiger partial charge in [0.2, 0.25) is 0 Å². The fourth-order valence-electron chi connectivity index (χ4n) is 4.18. The first kappa shape index (κ1) is 26.4. The lowest BCUT2D eigenvalue weighted by Gasteiger charge is -2.43. The van der Waals surface area contributed by atoms with E-state index in [-0.39, 0.29) is 40.9 Å².